The topological polar surface area (TPSA) is 86.3 Å². The zero-order chi connectivity index (χ0) is 19.1. The molecule has 2 aromatic heterocycles. The van der Waals surface area contributed by atoms with Crippen LogP contribution in [0, 0.1) is 5.82 Å². The second-order valence-corrected chi connectivity index (χ2v) is 6.28. The van der Waals surface area contributed by atoms with Gasteiger partial charge in [-0.25, -0.2) is 4.39 Å². The summed E-state index contributed by atoms with van der Waals surface area (Å²) in [4.78, 5) is 18.8. The predicted octanol–water partition coefficient (Wildman–Crippen LogP) is 2.34. The Balaban J connectivity index is 1.61. The molecule has 27 heavy (non-hydrogen) atoms. The lowest BCUT2D eigenvalue weighted by Crippen LogP contribution is -2.26. The van der Waals surface area contributed by atoms with Crippen molar-refractivity contribution in [1.82, 2.24) is 24.8 Å². The fraction of sp³-hybridized carbons (Fsp3) is 0.333. The summed E-state index contributed by atoms with van der Waals surface area (Å²) in [5.41, 5.74) is 2.60. The summed E-state index contributed by atoms with van der Waals surface area (Å²) in [7, 11) is 3.19. The van der Waals surface area contributed by atoms with Gasteiger partial charge in [0.05, 0.1) is 25.9 Å². The number of fused-ring (bicyclic) bond motifs is 1. The van der Waals surface area contributed by atoms with E-state index in [1.54, 1.807) is 22.7 Å². The van der Waals surface area contributed by atoms with E-state index in [0.29, 0.717) is 36.9 Å². The summed E-state index contributed by atoms with van der Waals surface area (Å²) in [6.45, 7) is 2.65. The quantitative estimate of drug-likeness (QED) is 0.700. The highest BCUT2D eigenvalue weighted by molar-refractivity contribution is 5.94. The van der Waals surface area contributed by atoms with Crippen LogP contribution in [0.25, 0.3) is 11.6 Å². The van der Waals surface area contributed by atoms with Gasteiger partial charge in [0.25, 0.3) is 11.8 Å². The molecule has 3 aromatic rings. The molecule has 0 atom stereocenters. The third kappa shape index (κ3) is 2.84. The van der Waals surface area contributed by atoms with Gasteiger partial charge in [-0.15, -0.1) is 0 Å². The van der Waals surface area contributed by atoms with Crippen molar-refractivity contribution < 1.29 is 18.4 Å². The molecule has 0 aliphatic carbocycles. The Morgan fingerprint density at radius 2 is 2.19 bits per heavy atom. The smallest absolute Gasteiger partial charge is 0.278 e. The minimum atomic E-state index is -0.569. The Hall–Kier alpha value is -3.23. The first-order valence-electron chi connectivity index (χ1n) is 8.52. The SMILES string of the molecule is CCc1noc(-c2nn(C)c3c2CN(C(=O)c2ccc(OC)c(F)c2)C3)n1. The first kappa shape index (κ1) is 17.2. The molecule has 0 unspecified atom stereocenters. The van der Waals surface area contributed by atoms with Gasteiger partial charge in [-0.1, -0.05) is 12.1 Å². The number of hydrogen-bond donors (Lipinski definition) is 0. The number of hydrogen-bond acceptors (Lipinski definition) is 6. The van der Waals surface area contributed by atoms with Crippen LogP contribution < -0.4 is 4.74 Å². The lowest BCUT2D eigenvalue weighted by molar-refractivity contribution is 0.0748. The normalized spacial score (nSPS) is 13.1. The van der Waals surface area contributed by atoms with Gasteiger partial charge >= 0.3 is 0 Å². The Morgan fingerprint density at radius 1 is 1.37 bits per heavy atom. The van der Waals surface area contributed by atoms with Crippen molar-refractivity contribution in [3.05, 3.63) is 46.7 Å². The summed E-state index contributed by atoms with van der Waals surface area (Å²) < 4.78 is 25.9. The lowest BCUT2D eigenvalue weighted by atomic mass is 10.2. The lowest BCUT2D eigenvalue weighted by Gasteiger charge is -2.16. The number of rotatable bonds is 4. The zero-order valence-electron chi connectivity index (χ0n) is 15.2. The van der Waals surface area contributed by atoms with Crippen LogP contribution in [0.3, 0.4) is 0 Å². The van der Waals surface area contributed by atoms with Crippen LogP contribution in [-0.2, 0) is 26.6 Å². The molecule has 0 N–H and O–H groups in total. The van der Waals surface area contributed by atoms with Crippen LogP contribution in [0.1, 0.15) is 34.4 Å². The third-order valence-electron chi connectivity index (χ3n) is 4.64. The van der Waals surface area contributed by atoms with Crippen LogP contribution in [0.2, 0.25) is 0 Å². The minimum absolute atomic E-state index is 0.103. The fourth-order valence-corrected chi connectivity index (χ4v) is 3.19. The second kappa shape index (κ2) is 6.49. The van der Waals surface area contributed by atoms with Crippen molar-refractivity contribution in [1.29, 1.82) is 0 Å². The summed E-state index contributed by atoms with van der Waals surface area (Å²) in [5.74, 6) is 0.210. The maximum Gasteiger partial charge on any atom is 0.278 e. The Bertz CT molecular complexity index is 1030. The molecule has 0 saturated heterocycles. The number of ether oxygens (including phenoxy) is 1. The number of nitrogens with zero attached hydrogens (tertiary/aromatic N) is 5. The summed E-state index contributed by atoms with van der Waals surface area (Å²) in [5, 5.41) is 8.36. The molecule has 0 saturated carbocycles. The van der Waals surface area contributed by atoms with E-state index in [1.165, 1.54) is 19.2 Å². The molecule has 0 radical (unpaired) electrons. The van der Waals surface area contributed by atoms with E-state index < -0.39 is 5.82 Å². The van der Waals surface area contributed by atoms with Gasteiger partial charge in [0.15, 0.2) is 23.1 Å². The van der Waals surface area contributed by atoms with E-state index in [9.17, 15) is 9.18 Å². The number of carbonyl (C=O) groups excluding carboxylic acids is 1. The maximum atomic E-state index is 13.9. The zero-order valence-corrected chi connectivity index (χ0v) is 15.2. The highest BCUT2D eigenvalue weighted by Crippen LogP contribution is 2.32. The first-order chi connectivity index (χ1) is 13.0. The van der Waals surface area contributed by atoms with Crippen molar-refractivity contribution in [3.63, 3.8) is 0 Å². The van der Waals surface area contributed by atoms with E-state index in [1.807, 2.05) is 6.92 Å². The minimum Gasteiger partial charge on any atom is -0.494 e. The van der Waals surface area contributed by atoms with Crippen LogP contribution in [-0.4, -0.2) is 37.8 Å². The Labute approximate surface area is 154 Å². The average Bonchev–Trinajstić information content (AvgIpc) is 3.37. The molecule has 1 aromatic carbocycles. The molecular weight excluding hydrogens is 353 g/mol. The van der Waals surface area contributed by atoms with E-state index in [0.717, 1.165) is 11.3 Å². The molecule has 0 fully saturated rings. The highest BCUT2D eigenvalue weighted by atomic mass is 19.1. The molecule has 9 heteroatoms. The van der Waals surface area contributed by atoms with Crippen molar-refractivity contribution >= 4 is 5.91 Å². The number of amides is 1. The fourth-order valence-electron chi connectivity index (χ4n) is 3.19. The Kier molecular flexibility index (Phi) is 4.14. The van der Waals surface area contributed by atoms with Crippen molar-refractivity contribution in [2.24, 2.45) is 7.05 Å². The van der Waals surface area contributed by atoms with E-state index in [4.69, 9.17) is 9.26 Å². The van der Waals surface area contributed by atoms with Gasteiger partial charge in [0.1, 0.15) is 0 Å². The monoisotopic (exact) mass is 371 g/mol. The summed E-state index contributed by atoms with van der Waals surface area (Å²) in [6, 6.07) is 4.19. The Morgan fingerprint density at radius 3 is 2.85 bits per heavy atom. The summed E-state index contributed by atoms with van der Waals surface area (Å²) >= 11 is 0. The van der Waals surface area contributed by atoms with E-state index >= 15 is 0 Å². The van der Waals surface area contributed by atoms with Crippen LogP contribution >= 0.6 is 0 Å². The molecule has 1 aliphatic heterocycles. The molecule has 0 bridgehead atoms. The maximum absolute atomic E-state index is 13.9. The van der Waals surface area contributed by atoms with E-state index in [-0.39, 0.29) is 17.2 Å². The standard InChI is InChI=1S/C18H18FN5O3/c1-4-15-20-17(27-22-15)16-11-8-24(9-13(11)23(2)21-16)18(25)10-5-6-14(26-3)12(19)7-10/h5-7H,4,8-9H2,1-3H3. The van der Waals surface area contributed by atoms with Gasteiger partial charge in [0.2, 0.25) is 0 Å². The average molecular weight is 371 g/mol. The van der Waals surface area contributed by atoms with E-state index in [2.05, 4.69) is 15.2 Å². The van der Waals surface area contributed by atoms with Gasteiger partial charge < -0.3 is 14.2 Å². The molecular formula is C18H18FN5O3. The van der Waals surface area contributed by atoms with Gasteiger partial charge in [-0.05, 0) is 18.2 Å². The number of methoxy groups -OCH3 is 1. The second-order valence-electron chi connectivity index (χ2n) is 6.28. The molecule has 8 nitrogen and oxygen atoms in total. The first-order valence-corrected chi connectivity index (χ1v) is 8.52. The summed E-state index contributed by atoms with van der Waals surface area (Å²) in [6.07, 6.45) is 0.659. The van der Waals surface area contributed by atoms with Crippen LogP contribution in [0.4, 0.5) is 4.39 Å². The highest BCUT2D eigenvalue weighted by Gasteiger charge is 2.32. The molecule has 140 valence electrons. The van der Waals surface area contributed by atoms with Crippen molar-refractivity contribution in [2.45, 2.75) is 26.4 Å². The molecule has 4 rings (SSSR count). The molecule has 1 aliphatic rings. The number of benzene rings is 1. The van der Waals surface area contributed by atoms with Crippen molar-refractivity contribution in [2.75, 3.05) is 7.11 Å². The van der Waals surface area contributed by atoms with Gasteiger partial charge in [-0.3, -0.25) is 9.48 Å². The number of aryl methyl sites for hydroxylation is 2. The molecule has 3 heterocycles. The molecule has 0 spiro atoms. The third-order valence-corrected chi connectivity index (χ3v) is 4.64. The van der Waals surface area contributed by atoms with Crippen molar-refractivity contribution in [3.8, 4) is 17.3 Å². The van der Waals surface area contributed by atoms with Gasteiger partial charge in [0, 0.05) is 24.6 Å². The number of halogens is 1. The van der Waals surface area contributed by atoms with Crippen LogP contribution in [0.5, 0.6) is 5.75 Å². The van der Waals surface area contributed by atoms with Gasteiger partial charge in [-0.2, -0.15) is 10.1 Å². The largest absolute Gasteiger partial charge is 0.494 e. The number of carbonyl (C=O) groups is 1. The molecule has 1 amide bonds. The predicted molar refractivity (Wildman–Crippen MR) is 92.4 cm³/mol. The van der Waals surface area contributed by atoms with Crippen LogP contribution in [0.15, 0.2) is 22.7 Å². The number of aromatic nitrogens is 4.